The van der Waals surface area contributed by atoms with Gasteiger partial charge in [0.2, 0.25) is 0 Å². The molecule has 0 spiro atoms. The summed E-state index contributed by atoms with van der Waals surface area (Å²) in [6.07, 6.45) is -10.8. The number of hydrogen-bond acceptors (Lipinski definition) is 4. The molecule has 0 N–H and O–H groups in total. The molecule has 0 atom stereocenters. The Morgan fingerprint density at radius 3 is 1.25 bits per heavy atom. The second kappa shape index (κ2) is 6.05. The molecule has 0 aliphatic carbocycles. The number of rotatable bonds is 2. The average Bonchev–Trinajstić information content (AvgIpc) is 2.00. The molecular formula is C4BF6LiO4. The van der Waals surface area contributed by atoms with Crippen LogP contribution in [0.25, 0.3) is 0 Å². The predicted octanol–water partition coefficient (Wildman–Crippen LogP) is -2.26. The normalized spacial score (nSPS) is 11.4. The molecule has 12 heteroatoms. The maximum atomic E-state index is 11.4. The summed E-state index contributed by atoms with van der Waals surface area (Å²) in [5, 5.41) is 0. The Morgan fingerprint density at radius 2 is 1.06 bits per heavy atom. The van der Waals surface area contributed by atoms with Crippen molar-refractivity contribution in [2.75, 3.05) is 0 Å². The van der Waals surface area contributed by atoms with Crippen molar-refractivity contribution < 1.29 is 64.1 Å². The Bertz CT molecular complexity index is 236. The summed E-state index contributed by atoms with van der Waals surface area (Å²) in [5.41, 5.74) is 0. The van der Waals surface area contributed by atoms with Crippen molar-refractivity contribution in [2.45, 2.75) is 12.4 Å². The van der Waals surface area contributed by atoms with Crippen molar-refractivity contribution in [2.24, 2.45) is 0 Å². The molecule has 0 fully saturated rings. The summed E-state index contributed by atoms with van der Waals surface area (Å²) < 4.78 is 74.2. The Morgan fingerprint density at radius 1 is 0.812 bits per heavy atom. The van der Waals surface area contributed by atoms with Gasteiger partial charge in [0.15, 0.2) is 0 Å². The standard InChI is InChI=1S/C4BF6O4.Li/c6-3(7,8)1(12)14-5-15-2(13)4(9,10)11;/q-1;+1. The maximum absolute atomic E-state index is 11.4. The molecule has 4 nitrogen and oxygen atoms in total. The molecule has 0 aromatic carbocycles. The molecule has 0 saturated carbocycles. The molecule has 0 saturated heterocycles. The van der Waals surface area contributed by atoms with Crippen LogP contribution in [-0.2, 0) is 18.9 Å². The van der Waals surface area contributed by atoms with E-state index in [0.29, 0.717) is 0 Å². The van der Waals surface area contributed by atoms with Crippen molar-refractivity contribution in [1.82, 2.24) is 0 Å². The van der Waals surface area contributed by atoms with Gasteiger partial charge in [-0.05, 0) is 0 Å². The van der Waals surface area contributed by atoms with Crippen molar-refractivity contribution >= 4 is 19.6 Å². The van der Waals surface area contributed by atoms with Crippen LogP contribution in [-0.4, -0.2) is 32.0 Å². The van der Waals surface area contributed by atoms with E-state index in [9.17, 15) is 35.9 Å². The van der Waals surface area contributed by atoms with Crippen LogP contribution in [0.3, 0.4) is 0 Å². The van der Waals surface area contributed by atoms with Crippen LogP contribution >= 0.6 is 0 Å². The zero-order valence-corrected chi connectivity index (χ0v) is 7.48. The minimum absolute atomic E-state index is 0. The number of carbonyl (C=O) groups is 2. The summed E-state index contributed by atoms with van der Waals surface area (Å²) >= 11 is 0. The smallest absolute Gasteiger partial charge is 0.695 e. The average molecular weight is 244 g/mol. The Hall–Kier alpha value is -0.818. The quantitative estimate of drug-likeness (QED) is 0.406. The summed E-state index contributed by atoms with van der Waals surface area (Å²) in [7, 11) is -0.647. The molecule has 2 radical (unpaired) electrons. The molecule has 0 aliphatic rings. The van der Waals surface area contributed by atoms with Crippen molar-refractivity contribution in [1.29, 1.82) is 0 Å². The monoisotopic (exact) mass is 244 g/mol. The molecular weight excluding hydrogens is 244 g/mol. The molecule has 0 aliphatic heterocycles. The van der Waals surface area contributed by atoms with Gasteiger partial charge in [-0.1, -0.05) is 0 Å². The first-order valence-electron chi connectivity index (χ1n) is 2.92. The number of halogens is 6. The van der Waals surface area contributed by atoms with E-state index in [-0.39, 0.29) is 18.9 Å². The second-order valence-corrected chi connectivity index (χ2v) is 1.90. The van der Waals surface area contributed by atoms with Crippen LogP contribution in [0, 0.1) is 0 Å². The summed E-state index contributed by atoms with van der Waals surface area (Å²) in [4.78, 5) is 19.7. The zero-order chi connectivity index (χ0) is 12.3. The van der Waals surface area contributed by atoms with Crippen LogP contribution < -0.4 is 18.9 Å². The zero-order valence-electron chi connectivity index (χ0n) is 7.48. The first-order chi connectivity index (χ1) is 6.55. The van der Waals surface area contributed by atoms with E-state index in [2.05, 4.69) is 9.31 Å². The van der Waals surface area contributed by atoms with Gasteiger partial charge in [-0.3, -0.25) is 0 Å². The fraction of sp³-hybridized carbons (Fsp3) is 0.500. The van der Waals surface area contributed by atoms with E-state index >= 15 is 0 Å². The number of alkyl halides is 6. The fourth-order valence-electron chi connectivity index (χ4n) is 0.245. The third-order valence-corrected chi connectivity index (χ3v) is 0.773. The van der Waals surface area contributed by atoms with Gasteiger partial charge in [0, 0.05) is 0 Å². The SMILES string of the molecule is O=C(O[B-]OC(=O)C(F)(F)F)C(F)(F)F.[Li+]. The Labute approximate surface area is 96.7 Å². The fourth-order valence-corrected chi connectivity index (χ4v) is 0.245. The third kappa shape index (κ3) is 6.63. The van der Waals surface area contributed by atoms with Crippen LogP contribution in [0.5, 0.6) is 0 Å². The van der Waals surface area contributed by atoms with Gasteiger partial charge in [0.25, 0.3) is 0 Å². The minimum atomic E-state index is -5.39. The van der Waals surface area contributed by atoms with Gasteiger partial charge in [0.05, 0.1) is 0 Å². The van der Waals surface area contributed by atoms with Crippen LogP contribution in [0.4, 0.5) is 26.3 Å². The number of carbonyl (C=O) groups excluding carboxylic acids is 2. The van der Waals surface area contributed by atoms with E-state index < -0.39 is 32.0 Å². The predicted molar refractivity (Wildman–Crippen MR) is 30.0 cm³/mol. The number of hydrogen-bond donors (Lipinski definition) is 0. The van der Waals surface area contributed by atoms with Gasteiger partial charge in [-0.2, -0.15) is 26.3 Å². The van der Waals surface area contributed by atoms with Gasteiger partial charge in [-0.25, -0.2) is 9.59 Å². The molecule has 0 heterocycles. The summed E-state index contributed by atoms with van der Waals surface area (Å²) in [5.74, 6) is -5.62. The Balaban J connectivity index is 0. The minimum Gasteiger partial charge on any atom is -0.695 e. The van der Waals surface area contributed by atoms with E-state index in [1.807, 2.05) is 0 Å². The van der Waals surface area contributed by atoms with Gasteiger partial charge in [0.1, 0.15) is 7.69 Å². The van der Waals surface area contributed by atoms with Crippen LogP contribution in [0.2, 0.25) is 0 Å². The molecule has 0 unspecified atom stereocenters. The van der Waals surface area contributed by atoms with Gasteiger partial charge >= 0.3 is 43.2 Å². The van der Waals surface area contributed by atoms with Crippen molar-refractivity contribution in [3.8, 4) is 0 Å². The molecule has 0 aromatic heterocycles. The molecule has 0 aromatic rings. The van der Waals surface area contributed by atoms with Crippen LogP contribution in [0.15, 0.2) is 0 Å². The van der Waals surface area contributed by atoms with E-state index in [1.54, 1.807) is 0 Å². The topological polar surface area (TPSA) is 52.6 Å². The molecule has 0 bridgehead atoms. The van der Waals surface area contributed by atoms with Crippen molar-refractivity contribution in [3.63, 3.8) is 0 Å². The molecule has 0 amide bonds. The third-order valence-electron chi connectivity index (χ3n) is 0.773. The Kier molecular flexibility index (Phi) is 6.65. The van der Waals surface area contributed by atoms with Crippen molar-refractivity contribution in [3.05, 3.63) is 0 Å². The second-order valence-electron chi connectivity index (χ2n) is 1.90. The molecule has 0 rings (SSSR count). The van der Waals surface area contributed by atoms with Crippen LogP contribution in [0.1, 0.15) is 0 Å². The molecule has 16 heavy (non-hydrogen) atoms. The molecule has 86 valence electrons. The first-order valence-corrected chi connectivity index (χ1v) is 2.92. The van der Waals surface area contributed by atoms with Gasteiger partial charge in [-0.15, -0.1) is 0 Å². The largest absolute Gasteiger partial charge is 1.00 e. The first kappa shape index (κ1) is 17.6. The van der Waals surface area contributed by atoms with E-state index in [1.165, 1.54) is 0 Å². The van der Waals surface area contributed by atoms with E-state index in [0.717, 1.165) is 0 Å². The maximum Gasteiger partial charge on any atom is 1.00 e. The van der Waals surface area contributed by atoms with Gasteiger partial charge < -0.3 is 9.31 Å². The summed E-state index contributed by atoms with van der Waals surface area (Å²) in [6, 6.07) is 0. The summed E-state index contributed by atoms with van der Waals surface area (Å²) in [6.45, 7) is 0. The van der Waals surface area contributed by atoms with E-state index in [4.69, 9.17) is 0 Å².